The minimum atomic E-state index is -2.55. The maximum absolute atomic E-state index is 12.7. The Morgan fingerprint density at radius 1 is 0.857 bits per heavy atom. The first-order valence-corrected chi connectivity index (χ1v) is 6.56. The van der Waals surface area contributed by atoms with Crippen molar-refractivity contribution < 1.29 is 13.9 Å². The van der Waals surface area contributed by atoms with E-state index in [2.05, 4.69) is 4.98 Å². The summed E-state index contributed by atoms with van der Waals surface area (Å²) in [5, 5.41) is 11.4. The summed E-state index contributed by atoms with van der Waals surface area (Å²) >= 11 is 0. The summed E-state index contributed by atoms with van der Waals surface area (Å²) in [5.41, 5.74) is 1.75. The monoisotopic (exact) mass is 285 g/mol. The summed E-state index contributed by atoms with van der Waals surface area (Å²) in [4.78, 5) is 4.23. The summed E-state index contributed by atoms with van der Waals surface area (Å²) in [6.07, 6.45) is -1.82. The molecule has 0 bridgehead atoms. The van der Waals surface area contributed by atoms with Gasteiger partial charge in [0.2, 0.25) is 0 Å². The number of fused-ring (bicyclic) bond motifs is 1. The maximum atomic E-state index is 12.7. The second-order valence-electron chi connectivity index (χ2n) is 4.83. The van der Waals surface area contributed by atoms with Crippen LogP contribution in [0.2, 0.25) is 0 Å². The van der Waals surface area contributed by atoms with Gasteiger partial charge in [-0.3, -0.25) is 4.98 Å². The topological polar surface area (TPSA) is 33.1 Å². The van der Waals surface area contributed by atoms with Gasteiger partial charge in [0.1, 0.15) is 6.10 Å². The lowest BCUT2D eigenvalue weighted by molar-refractivity contribution is 0.150. The Morgan fingerprint density at radius 2 is 1.62 bits per heavy atom. The Bertz CT molecular complexity index is 773. The number of benzene rings is 2. The zero-order valence-electron chi connectivity index (χ0n) is 11.1. The summed E-state index contributed by atoms with van der Waals surface area (Å²) in [6, 6.07) is 15.0. The number of rotatable bonds is 3. The molecule has 21 heavy (non-hydrogen) atoms. The first-order valence-electron chi connectivity index (χ1n) is 6.56. The van der Waals surface area contributed by atoms with Crippen molar-refractivity contribution in [2.75, 3.05) is 0 Å². The van der Waals surface area contributed by atoms with Gasteiger partial charge in [-0.1, -0.05) is 36.4 Å². The van der Waals surface area contributed by atoms with E-state index < -0.39 is 12.5 Å². The molecule has 3 rings (SSSR count). The molecule has 0 saturated heterocycles. The second kappa shape index (κ2) is 5.58. The predicted octanol–water partition coefficient (Wildman–Crippen LogP) is 4.25. The maximum Gasteiger partial charge on any atom is 0.263 e. The third-order valence-electron chi connectivity index (χ3n) is 3.42. The molecule has 1 unspecified atom stereocenters. The molecule has 4 heteroatoms. The van der Waals surface area contributed by atoms with Crippen molar-refractivity contribution in [1.82, 2.24) is 4.98 Å². The lowest BCUT2D eigenvalue weighted by atomic mass is 9.98. The number of alkyl halides is 2. The number of hydrogen-bond acceptors (Lipinski definition) is 2. The number of pyridine rings is 1. The van der Waals surface area contributed by atoms with Crippen LogP contribution in [0.1, 0.15) is 29.2 Å². The van der Waals surface area contributed by atoms with Crippen molar-refractivity contribution in [3.8, 4) is 0 Å². The van der Waals surface area contributed by atoms with E-state index in [1.165, 1.54) is 18.2 Å². The van der Waals surface area contributed by atoms with Crippen LogP contribution in [0.4, 0.5) is 8.78 Å². The number of halogens is 2. The van der Waals surface area contributed by atoms with Gasteiger partial charge in [0.05, 0.1) is 5.52 Å². The van der Waals surface area contributed by atoms with Gasteiger partial charge in [-0.15, -0.1) is 0 Å². The van der Waals surface area contributed by atoms with Crippen LogP contribution in [0.5, 0.6) is 0 Å². The molecule has 0 aliphatic heterocycles. The van der Waals surface area contributed by atoms with Crippen molar-refractivity contribution >= 4 is 10.9 Å². The van der Waals surface area contributed by atoms with E-state index in [0.717, 1.165) is 10.9 Å². The van der Waals surface area contributed by atoms with Gasteiger partial charge < -0.3 is 5.11 Å². The fourth-order valence-electron chi connectivity index (χ4n) is 2.31. The van der Waals surface area contributed by atoms with Gasteiger partial charge in [-0.05, 0) is 29.3 Å². The van der Waals surface area contributed by atoms with E-state index >= 15 is 0 Å². The highest BCUT2D eigenvalue weighted by molar-refractivity contribution is 5.79. The Labute approximate surface area is 120 Å². The summed E-state index contributed by atoms with van der Waals surface area (Å²) < 4.78 is 25.5. The molecule has 1 aromatic heterocycles. The molecular weight excluding hydrogens is 272 g/mol. The van der Waals surface area contributed by atoms with Crippen LogP contribution in [-0.4, -0.2) is 10.1 Å². The minimum absolute atomic E-state index is 0.0922. The number of aliphatic hydroxyl groups is 1. The fraction of sp³-hybridized carbons (Fsp3) is 0.118. The Balaban J connectivity index is 1.99. The Morgan fingerprint density at radius 3 is 2.43 bits per heavy atom. The SMILES string of the molecule is OC(c1cccc(C(F)F)c1)c1ccc2cccnc2c1. The lowest BCUT2D eigenvalue weighted by Crippen LogP contribution is -2.01. The van der Waals surface area contributed by atoms with E-state index in [-0.39, 0.29) is 5.56 Å². The van der Waals surface area contributed by atoms with Gasteiger partial charge in [0.15, 0.2) is 0 Å². The van der Waals surface area contributed by atoms with Crippen LogP contribution in [0.3, 0.4) is 0 Å². The first kappa shape index (κ1) is 13.6. The lowest BCUT2D eigenvalue weighted by Gasteiger charge is -2.13. The van der Waals surface area contributed by atoms with E-state index in [0.29, 0.717) is 11.1 Å². The molecule has 2 nitrogen and oxygen atoms in total. The molecule has 0 saturated carbocycles. The zero-order chi connectivity index (χ0) is 14.8. The van der Waals surface area contributed by atoms with Gasteiger partial charge in [-0.25, -0.2) is 8.78 Å². The molecule has 0 amide bonds. The van der Waals surface area contributed by atoms with E-state index in [4.69, 9.17) is 0 Å². The van der Waals surface area contributed by atoms with E-state index in [9.17, 15) is 13.9 Å². The minimum Gasteiger partial charge on any atom is -0.384 e. The van der Waals surface area contributed by atoms with Gasteiger partial charge in [-0.2, -0.15) is 0 Å². The standard InChI is InChI=1S/C17H13F2NO/c18-17(19)14-4-1-3-12(9-14)16(21)13-7-6-11-5-2-8-20-15(11)10-13/h1-10,16-17,21H. The highest BCUT2D eigenvalue weighted by atomic mass is 19.3. The molecule has 3 aromatic rings. The highest BCUT2D eigenvalue weighted by Crippen LogP contribution is 2.27. The Hall–Kier alpha value is -2.33. The largest absolute Gasteiger partial charge is 0.384 e. The summed E-state index contributed by atoms with van der Waals surface area (Å²) in [7, 11) is 0. The van der Waals surface area contributed by atoms with Crippen LogP contribution in [0.25, 0.3) is 10.9 Å². The van der Waals surface area contributed by atoms with Crippen molar-refractivity contribution in [3.63, 3.8) is 0 Å². The van der Waals surface area contributed by atoms with Crippen LogP contribution in [0.15, 0.2) is 60.8 Å². The average Bonchev–Trinajstić information content (AvgIpc) is 2.53. The molecule has 1 atom stereocenters. The van der Waals surface area contributed by atoms with Crippen molar-refractivity contribution in [1.29, 1.82) is 0 Å². The molecule has 106 valence electrons. The molecule has 1 N–H and O–H groups in total. The smallest absolute Gasteiger partial charge is 0.263 e. The van der Waals surface area contributed by atoms with Crippen molar-refractivity contribution in [2.24, 2.45) is 0 Å². The first-order chi connectivity index (χ1) is 10.1. The predicted molar refractivity (Wildman–Crippen MR) is 77.2 cm³/mol. The summed E-state index contributed by atoms with van der Waals surface area (Å²) in [5.74, 6) is 0. The highest BCUT2D eigenvalue weighted by Gasteiger charge is 2.14. The van der Waals surface area contributed by atoms with Gasteiger partial charge >= 0.3 is 0 Å². The summed E-state index contributed by atoms with van der Waals surface area (Å²) in [6.45, 7) is 0. The molecule has 0 radical (unpaired) electrons. The molecule has 1 heterocycles. The normalized spacial score (nSPS) is 12.8. The third-order valence-corrected chi connectivity index (χ3v) is 3.42. The van der Waals surface area contributed by atoms with E-state index in [1.807, 2.05) is 18.2 Å². The molecule has 0 aliphatic carbocycles. The molecular formula is C17H13F2NO. The van der Waals surface area contributed by atoms with Crippen LogP contribution >= 0.6 is 0 Å². The molecule has 0 fully saturated rings. The number of aromatic nitrogens is 1. The number of aliphatic hydroxyl groups excluding tert-OH is 1. The number of hydrogen-bond donors (Lipinski definition) is 1. The molecule has 0 spiro atoms. The van der Waals surface area contributed by atoms with Crippen molar-refractivity contribution in [3.05, 3.63) is 77.5 Å². The number of nitrogens with zero attached hydrogens (tertiary/aromatic N) is 1. The molecule has 0 aliphatic rings. The quantitative estimate of drug-likeness (QED) is 0.780. The van der Waals surface area contributed by atoms with Gasteiger partial charge in [0.25, 0.3) is 6.43 Å². The van der Waals surface area contributed by atoms with Crippen molar-refractivity contribution in [2.45, 2.75) is 12.5 Å². The van der Waals surface area contributed by atoms with Crippen LogP contribution in [-0.2, 0) is 0 Å². The fourth-order valence-corrected chi connectivity index (χ4v) is 2.31. The van der Waals surface area contributed by atoms with Crippen LogP contribution in [0, 0.1) is 0 Å². The third kappa shape index (κ3) is 2.76. The average molecular weight is 285 g/mol. The zero-order valence-corrected chi connectivity index (χ0v) is 11.1. The Kier molecular flexibility index (Phi) is 3.62. The van der Waals surface area contributed by atoms with Gasteiger partial charge in [0, 0.05) is 17.1 Å². The second-order valence-corrected chi connectivity index (χ2v) is 4.83. The van der Waals surface area contributed by atoms with Crippen LogP contribution < -0.4 is 0 Å². The van der Waals surface area contributed by atoms with E-state index in [1.54, 1.807) is 24.4 Å². The molecule has 2 aromatic carbocycles.